The molecule has 1 saturated carbocycles. The highest BCUT2D eigenvalue weighted by Gasteiger charge is 2.32. The molecule has 1 fully saturated rings. The molecular weight excluding hydrogens is 224 g/mol. The van der Waals surface area contributed by atoms with E-state index >= 15 is 0 Å². The van der Waals surface area contributed by atoms with E-state index in [-0.39, 0.29) is 0 Å². The molecule has 0 radical (unpaired) electrons. The van der Waals surface area contributed by atoms with Crippen molar-refractivity contribution in [2.75, 3.05) is 26.2 Å². The van der Waals surface area contributed by atoms with Crippen molar-refractivity contribution in [2.45, 2.75) is 31.2 Å². The van der Waals surface area contributed by atoms with Gasteiger partial charge in [-0.15, -0.1) is 0 Å². The quantitative estimate of drug-likeness (QED) is 0.834. The fraction of sp³-hybridized carbons (Fsp3) is 0.600. The summed E-state index contributed by atoms with van der Waals surface area (Å²) in [7, 11) is 0. The van der Waals surface area contributed by atoms with E-state index in [0.29, 0.717) is 5.92 Å². The average molecular weight is 246 g/mol. The maximum Gasteiger partial charge on any atom is 0.122 e. The topological polar surface area (TPSA) is 38.5 Å². The van der Waals surface area contributed by atoms with Crippen molar-refractivity contribution in [3.63, 3.8) is 0 Å². The second kappa shape index (κ2) is 5.29. The lowest BCUT2D eigenvalue weighted by molar-refractivity contribution is 0.224. The third-order valence-electron chi connectivity index (χ3n) is 3.97. The van der Waals surface area contributed by atoms with E-state index in [1.165, 1.54) is 18.4 Å². The average Bonchev–Trinajstić information content (AvgIpc) is 3.17. The maximum atomic E-state index is 5.77. The fourth-order valence-corrected chi connectivity index (χ4v) is 2.82. The van der Waals surface area contributed by atoms with Crippen molar-refractivity contribution in [1.29, 1.82) is 0 Å². The van der Waals surface area contributed by atoms with E-state index in [0.717, 1.165) is 44.5 Å². The van der Waals surface area contributed by atoms with Gasteiger partial charge in [0.25, 0.3) is 0 Å². The van der Waals surface area contributed by atoms with Gasteiger partial charge in [0, 0.05) is 24.1 Å². The highest BCUT2D eigenvalue weighted by atomic mass is 16.5. The molecule has 2 N–H and O–H groups in total. The summed E-state index contributed by atoms with van der Waals surface area (Å²) < 4.78 is 5.77. The first-order valence-electron chi connectivity index (χ1n) is 7.04. The zero-order chi connectivity index (χ0) is 12.4. The summed E-state index contributed by atoms with van der Waals surface area (Å²) in [5, 5.41) is 0. The minimum Gasteiger partial charge on any atom is -0.493 e. The van der Waals surface area contributed by atoms with Crippen molar-refractivity contribution in [1.82, 2.24) is 4.90 Å². The Balaban J connectivity index is 1.65. The van der Waals surface area contributed by atoms with Gasteiger partial charge in [-0.1, -0.05) is 18.2 Å². The van der Waals surface area contributed by atoms with Crippen molar-refractivity contribution in [3.8, 4) is 5.75 Å². The van der Waals surface area contributed by atoms with Crippen LogP contribution in [0.15, 0.2) is 24.3 Å². The Morgan fingerprint density at radius 2 is 2.11 bits per heavy atom. The Hall–Kier alpha value is -1.06. The van der Waals surface area contributed by atoms with Crippen LogP contribution in [0.1, 0.15) is 30.7 Å². The lowest BCUT2D eigenvalue weighted by Gasteiger charge is -2.24. The standard InChI is InChI=1S/C15H22N2O/c16-8-3-9-17(13-6-7-13)10-12-11-18-15-5-2-1-4-14(12)15/h1-2,4-5,12-13H,3,6-11,16H2. The maximum absolute atomic E-state index is 5.77. The van der Waals surface area contributed by atoms with Crippen molar-refractivity contribution in [2.24, 2.45) is 5.73 Å². The molecule has 3 nitrogen and oxygen atoms in total. The molecule has 1 aliphatic heterocycles. The minimum atomic E-state index is 0.541. The summed E-state index contributed by atoms with van der Waals surface area (Å²) in [5.41, 5.74) is 7.02. The predicted octanol–water partition coefficient (Wildman–Crippen LogP) is 1.98. The highest BCUT2D eigenvalue weighted by molar-refractivity contribution is 5.39. The van der Waals surface area contributed by atoms with Gasteiger partial charge in [-0.3, -0.25) is 4.90 Å². The number of ether oxygens (including phenoxy) is 1. The molecule has 3 heteroatoms. The molecule has 0 saturated heterocycles. The Bertz CT molecular complexity index is 403. The lowest BCUT2D eigenvalue weighted by atomic mass is 10.0. The van der Waals surface area contributed by atoms with E-state index in [2.05, 4.69) is 23.1 Å². The third kappa shape index (κ3) is 2.52. The fourth-order valence-electron chi connectivity index (χ4n) is 2.82. The molecular formula is C15H22N2O. The van der Waals surface area contributed by atoms with Gasteiger partial charge in [0.05, 0.1) is 6.61 Å². The first kappa shape index (κ1) is 12.0. The van der Waals surface area contributed by atoms with Gasteiger partial charge in [-0.05, 0) is 38.4 Å². The van der Waals surface area contributed by atoms with Crippen LogP contribution in [0.4, 0.5) is 0 Å². The second-order valence-electron chi connectivity index (χ2n) is 5.41. The van der Waals surface area contributed by atoms with Gasteiger partial charge in [0.2, 0.25) is 0 Å². The molecule has 18 heavy (non-hydrogen) atoms. The summed E-state index contributed by atoms with van der Waals surface area (Å²) >= 11 is 0. The van der Waals surface area contributed by atoms with Crippen LogP contribution in [0, 0.1) is 0 Å². The molecule has 2 aliphatic rings. The van der Waals surface area contributed by atoms with Crippen LogP contribution in [0.25, 0.3) is 0 Å². The highest BCUT2D eigenvalue weighted by Crippen LogP contribution is 2.36. The van der Waals surface area contributed by atoms with Crippen LogP contribution in [0.5, 0.6) is 5.75 Å². The molecule has 3 rings (SSSR count). The van der Waals surface area contributed by atoms with E-state index in [9.17, 15) is 0 Å². The molecule has 1 aromatic carbocycles. The SMILES string of the molecule is NCCCN(CC1COc2ccccc21)C1CC1. The van der Waals surface area contributed by atoms with E-state index in [4.69, 9.17) is 10.5 Å². The zero-order valence-electron chi connectivity index (χ0n) is 10.8. The predicted molar refractivity (Wildman–Crippen MR) is 72.9 cm³/mol. The van der Waals surface area contributed by atoms with Crippen LogP contribution in [0.2, 0.25) is 0 Å². The van der Waals surface area contributed by atoms with Crippen LogP contribution >= 0.6 is 0 Å². The summed E-state index contributed by atoms with van der Waals surface area (Å²) in [4.78, 5) is 2.61. The Morgan fingerprint density at radius 3 is 2.89 bits per heavy atom. The van der Waals surface area contributed by atoms with E-state index in [1.54, 1.807) is 0 Å². The van der Waals surface area contributed by atoms with Crippen LogP contribution < -0.4 is 10.5 Å². The monoisotopic (exact) mass is 246 g/mol. The van der Waals surface area contributed by atoms with E-state index < -0.39 is 0 Å². The smallest absolute Gasteiger partial charge is 0.122 e. The molecule has 1 heterocycles. The largest absolute Gasteiger partial charge is 0.493 e. The van der Waals surface area contributed by atoms with E-state index in [1.807, 2.05) is 6.07 Å². The van der Waals surface area contributed by atoms with Crippen molar-refractivity contribution in [3.05, 3.63) is 29.8 Å². The number of benzene rings is 1. The number of nitrogens with two attached hydrogens (primary N) is 1. The second-order valence-corrected chi connectivity index (χ2v) is 5.41. The van der Waals surface area contributed by atoms with Gasteiger partial charge in [-0.25, -0.2) is 0 Å². The number of fused-ring (bicyclic) bond motifs is 1. The van der Waals surface area contributed by atoms with Crippen molar-refractivity contribution >= 4 is 0 Å². The van der Waals surface area contributed by atoms with Crippen LogP contribution in [-0.2, 0) is 0 Å². The zero-order valence-corrected chi connectivity index (χ0v) is 10.8. The molecule has 1 atom stereocenters. The Labute approximate surface area is 109 Å². The van der Waals surface area contributed by atoms with Gasteiger partial charge in [0.15, 0.2) is 0 Å². The molecule has 98 valence electrons. The molecule has 0 aromatic heterocycles. The molecule has 0 amide bonds. The molecule has 1 unspecified atom stereocenters. The summed E-state index contributed by atoms with van der Waals surface area (Å²) in [6.45, 7) is 3.90. The lowest BCUT2D eigenvalue weighted by Crippen LogP contribution is -2.33. The molecule has 1 aliphatic carbocycles. The first-order chi connectivity index (χ1) is 8.88. The summed E-state index contributed by atoms with van der Waals surface area (Å²) in [6.07, 6.45) is 3.82. The molecule has 0 spiro atoms. The number of nitrogens with zero attached hydrogens (tertiary/aromatic N) is 1. The normalized spacial score (nSPS) is 22.0. The van der Waals surface area contributed by atoms with Crippen molar-refractivity contribution < 1.29 is 4.74 Å². The van der Waals surface area contributed by atoms with Gasteiger partial charge < -0.3 is 10.5 Å². The summed E-state index contributed by atoms with van der Waals surface area (Å²) in [6, 6.07) is 9.26. The number of hydrogen-bond donors (Lipinski definition) is 1. The minimum absolute atomic E-state index is 0.541. The Morgan fingerprint density at radius 1 is 1.28 bits per heavy atom. The Kier molecular flexibility index (Phi) is 3.52. The number of hydrogen-bond acceptors (Lipinski definition) is 3. The molecule has 0 bridgehead atoms. The number of rotatable bonds is 6. The van der Waals surface area contributed by atoms with Gasteiger partial charge >= 0.3 is 0 Å². The summed E-state index contributed by atoms with van der Waals surface area (Å²) in [5.74, 6) is 1.62. The number of para-hydroxylation sites is 1. The first-order valence-corrected chi connectivity index (χ1v) is 7.04. The van der Waals surface area contributed by atoms with Gasteiger partial charge in [-0.2, -0.15) is 0 Å². The van der Waals surface area contributed by atoms with Gasteiger partial charge in [0.1, 0.15) is 5.75 Å². The van der Waals surface area contributed by atoms with Crippen LogP contribution in [-0.4, -0.2) is 37.2 Å². The van der Waals surface area contributed by atoms with Crippen LogP contribution in [0.3, 0.4) is 0 Å². The molecule has 1 aromatic rings. The third-order valence-corrected chi connectivity index (χ3v) is 3.97.